The molecule has 3 nitrogen and oxygen atoms in total. The summed E-state index contributed by atoms with van der Waals surface area (Å²) in [5.41, 5.74) is 0.475. The first-order valence-corrected chi connectivity index (χ1v) is 4.83. The van der Waals surface area contributed by atoms with Gasteiger partial charge in [0.05, 0.1) is 4.90 Å². The molecule has 1 atom stereocenters. The first kappa shape index (κ1) is 12.0. The summed E-state index contributed by atoms with van der Waals surface area (Å²) in [6, 6.07) is 3.45. The maximum atomic E-state index is 11.9. The molecule has 1 rings (SSSR count). The van der Waals surface area contributed by atoms with Crippen LogP contribution in [0.2, 0.25) is 0 Å². The van der Waals surface area contributed by atoms with E-state index in [9.17, 15) is 21.9 Å². The lowest BCUT2D eigenvalue weighted by Gasteiger charge is -2.15. The minimum absolute atomic E-state index is 0.475. The highest BCUT2D eigenvalue weighted by atomic mass is 32.2. The maximum Gasteiger partial charge on any atom is 0.573 e. The van der Waals surface area contributed by atoms with Gasteiger partial charge in [0.1, 0.15) is 5.75 Å². The molecular formula is C8H6F3O3S-. The number of halogens is 3. The summed E-state index contributed by atoms with van der Waals surface area (Å²) in [7, 11) is 0. The molecule has 15 heavy (non-hydrogen) atoms. The number of hydrogen-bond acceptors (Lipinski definition) is 3. The lowest BCUT2D eigenvalue weighted by Crippen LogP contribution is -2.18. The highest BCUT2D eigenvalue weighted by molar-refractivity contribution is 7.79. The first-order chi connectivity index (χ1) is 6.79. The topological polar surface area (TPSA) is 49.4 Å². The van der Waals surface area contributed by atoms with E-state index in [1.54, 1.807) is 0 Å². The zero-order chi connectivity index (χ0) is 11.6. The fourth-order valence-electron chi connectivity index (χ4n) is 0.957. The van der Waals surface area contributed by atoms with Crippen molar-refractivity contribution in [2.24, 2.45) is 0 Å². The molecule has 0 saturated heterocycles. The quantitative estimate of drug-likeness (QED) is 0.743. The Hall–Kier alpha value is -1.08. The number of rotatable bonds is 2. The molecule has 84 valence electrons. The smallest absolute Gasteiger partial charge is 0.573 e. The highest BCUT2D eigenvalue weighted by Gasteiger charge is 2.32. The van der Waals surface area contributed by atoms with Crippen LogP contribution in [-0.4, -0.2) is 15.1 Å². The van der Waals surface area contributed by atoms with Crippen molar-refractivity contribution >= 4 is 11.1 Å². The molecule has 0 aliphatic heterocycles. The van der Waals surface area contributed by atoms with Gasteiger partial charge < -0.3 is 9.29 Å². The molecule has 0 aromatic heterocycles. The third kappa shape index (κ3) is 3.52. The van der Waals surface area contributed by atoms with Crippen molar-refractivity contribution < 1.29 is 26.7 Å². The Morgan fingerprint density at radius 2 is 2.00 bits per heavy atom. The van der Waals surface area contributed by atoms with E-state index in [0.29, 0.717) is 5.56 Å². The van der Waals surface area contributed by atoms with Gasteiger partial charge in [0.25, 0.3) is 0 Å². The van der Waals surface area contributed by atoms with Crippen molar-refractivity contribution in [1.82, 2.24) is 0 Å². The minimum atomic E-state index is -4.90. The molecule has 0 saturated carbocycles. The van der Waals surface area contributed by atoms with Crippen molar-refractivity contribution in [2.45, 2.75) is 18.2 Å². The van der Waals surface area contributed by atoms with E-state index in [1.807, 2.05) is 0 Å². The van der Waals surface area contributed by atoms with Crippen LogP contribution in [0.4, 0.5) is 13.2 Å². The molecule has 7 heteroatoms. The molecule has 0 aliphatic carbocycles. The number of alkyl halides is 3. The molecule has 1 unspecified atom stereocenters. The molecule has 0 spiro atoms. The predicted octanol–water partition coefficient (Wildman–Crippen LogP) is 2.13. The van der Waals surface area contributed by atoms with Gasteiger partial charge in [-0.1, -0.05) is 6.07 Å². The number of aryl methyl sites for hydroxylation is 1. The molecule has 0 radical (unpaired) electrons. The Balaban J connectivity index is 3.13. The number of ether oxygens (including phenoxy) is 1. The fraction of sp³-hybridized carbons (Fsp3) is 0.250. The van der Waals surface area contributed by atoms with Gasteiger partial charge in [-0.15, -0.1) is 13.2 Å². The second-order valence-corrected chi connectivity index (χ2v) is 3.64. The molecule has 0 heterocycles. The van der Waals surface area contributed by atoms with Gasteiger partial charge in [0, 0.05) is 0 Å². The molecule has 0 bridgehead atoms. The van der Waals surface area contributed by atoms with Crippen LogP contribution in [0, 0.1) is 6.92 Å². The molecule has 1 aromatic carbocycles. The van der Waals surface area contributed by atoms with Crippen LogP contribution in [0.3, 0.4) is 0 Å². The average molecular weight is 239 g/mol. The lowest BCUT2D eigenvalue weighted by atomic mass is 10.2. The first-order valence-electron chi connectivity index (χ1n) is 3.75. The summed E-state index contributed by atoms with van der Waals surface area (Å²) in [4.78, 5) is -0.516. The van der Waals surface area contributed by atoms with Crippen molar-refractivity contribution in [3.8, 4) is 5.75 Å². The summed E-state index contributed by atoms with van der Waals surface area (Å²) in [6.07, 6.45) is -4.90. The van der Waals surface area contributed by atoms with E-state index >= 15 is 0 Å². The van der Waals surface area contributed by atoms with Gasteiger partial charge in [-0.25, -0.2) is 0 Å². The third-order valence-corrected chi connectivity index (χ3v) is 2.20. The largest absolute Gasteiger partial charge is 0.768 e. The van der Waals surface area contributed by atoms with E-state index in [4.69, 9.17) is 0 Å². The Labute approximate surface area is 86.1 Å². The summed E-state index contributed by atoms with van der Waals surface area (Å²) < 4.78 is 60.4. The van der Waals surface area contributed by atoms with Crippen LogP contribution in [0.5, 0.6) is 5.75 Å². The third-order valence-electron chi connectivity index (χ3n) is 1.50. The Bertz CT molecular complexity index is 389. The predicted molar refractivity (Wildman–Crippen MR) is 45.0 cm³/mol. The molecule has 0 N–H and O–H groups in total. The molecular weight excluding hydrogens is 233 g/mol. The van der Waals surface area contributed by atoms with Gasteiger partial charge in [-0.05, 0) is 35.7 Å². The molecule has 0 fully saturated rings. The van der Waals surface area contributed by atoms with Gasteiger partial charge in [-0.2, -0.15) is 0 Å². The maximum absolute atomic E-state index is 11.9. The monoisotopic (exact) mass is 239 g/mol. The van der Waals surface area contributed by atoms with Gasteiger partial charge in [-0.3, -0.25) is 4.21 Å². The van der Waals surface area contributed by atoms with Crippen molar-refractivity contribution in [2.75, 3.05) is 0 Å². The van der Waals surface area contributed by atoms with E-state index in [0.717, 1.165) is 12.1 Å². The van der Waals surface area contributed by atoms with E-state index in [-0.39, 0.29) is 0 Å². The van der Waals surface area contributed by atoms with Gasteiger partial charge in [0.15, 0.2) is 0 Å². The summed E-state index contributed by atoms with van der Waals surface area (Å²) in [5.74, 6) is -0.712. The second kappa shape index (κ2) is 4.19. The van der Waals surface area contributed by atoms with Crippen LogP contribution in [-0.2, 0) is 11.1 Å². The Morgan fingerprint density at radius 3 is 2.47 bits per heavy atom. The van der Waals surface area contributed by atoms with Crippen molar-refractivity contribution in [1.29, 1.82) is 0 Å². The van der Waals surface area contributed by atoms with Gasteiger partial charge >= 0.3 is 6.36 Å². The Morgan fingerprint density at radius 1 is 1.40 bits per heavy atom. The van der Waals surface area contributed by atoms with Crippen molar-refractivity contribution in [3.63, 3.8) is 0 Å². The highest BCUT2D eigenvalue weighted by Crippen LogP contribution is 2.28. The molecule has 1 aromatic rings. The summed E-state index contributed by atoms with van der Waals surface area (Å²) in [5, 5.41) is 0. The fourth-order valence-corrected chi connectivity index (χ4v) is 1.40. The van der Waals surface area contributed by atoms with Crippen LogP contribution in [0.25, 0.3) is 0 Å². The average Bonchev–Trinajstić information content (AvgIpc) is 1.99. The van der Waals surface area contributed by atoms with E-state index < -0.39 is 28.1 Å². The number of benzene rings is 1. The molecule has 0 amide bonds. The van der Waals surface area contributed by atoms with Gasteiger partial charge in [0.2, 0.25) is 0 Å². The second-order valence-electron chi connectivity index (χ2n) is 2.73. The van der Waals surface area contributed by atoms with E-state index in [1.165, 1.54) is 13.0 Å². The van der Waals surface area contributed by atoms with E-state index in [2.05, 4.69) is 4.74 Å². The van der Waals surface area contributed by atoms with Crippen LogP contribution < -0.4 is 4.74 Å². The number of hydrogen-bond donors (Lipinski definition) is 0. The zero-order valence-corrected chi connectivity index (χ0v) is 8.32. The summed E-state index contributed by atoms with van der Waals surface area (Å²) >= 11 is -2.76. The zero-order valence-electron chi connectivity index (χ0n) is 7.50. The van der Waals surface area contributed by atoms with Crippen LogP contribution in [0.15, 0.2) is 23.1 Å². The Kier molecular flexibility index (Phi) is 3.35. The molecule has 0 aliphatic rings. The van der Waals surface area contributed by atoms with Crippen molar-refractivity contribution in [3.05, 3.63) is 23.8 Å². The van der Waals surface area contributed by atoms with Crippen LogP contribution >= 0.6 is 0 Å². The standard InChI is InChI=1S/C8H7F3O3S/c1-5-2-3-7(15(12)13)6(4-5)14-8(9,10)11/h2-4H,1H3,(H,12,13)/p-1. The van der Waals surface area contributed by atoms with Crippen LogP contribution in [0.1, 0.15) is 5.56 Å². The SMILES string of the molecule is Cc1ccc(S(=O)[O-])c(OC(F)(F)F)c1. The summed E-state index contributed by atoms with van der Waals surface area (Å²) in [6.45, 7) is 1.53. The lowest BCUT2D eigenvalue weighted by molar-refractivity contribution is -0.275. The normalized spacial score (nSPS) is 13.7. The minimum Gasteiger partial charge on any atom is -0.768 e.